The fraction of sp³-hybridized carbons (Fsp3) is 0.857. The number of nitrogens with zero attached hydrogens (tertiary/aromatic N) is 1. The molecule has 0 bridgehead atoms. The van der Waals surface area contributed by atoms with Crippen LogP contribution < -0.4 is 5.32 Å². The first-order valence-electron chi connectivity index (χ1n) is 3.82. The first kappa shape index (κ1) is 8.49. The molecule has 1 atom stereocenters. The van der Waals surface area contributed by atoms with Gasteiger partial charge in [-0.3, -0.25) is 4.79 Å². The Morgan fingerprint density at radius 3 is 3.00 bits per heavy atom. The van der Waals surface area contributed by atoms with Crippen LogP contribution in [0.5, 0.6) is 0 Å². The number of carboxylic acids is 1. The molecule has 0 aromatic heterocycles. The molecule has 0 aliphatic carbocycles. The zero-order valence-electron chi connectivity index (χ0n) is 6.71. The lowest BCUT2D eigenvalue weighted by Crippen LogP contribution is -2.35. The van der Waals surface area contributed by atoms with Crippen molar-refractivity contribution < 1.29 is 9.90 Å². The van der Waals surface area contributed by atoms with E-state index in [2.05, 4.69) is 10.2 Å². The average Bonchev–Trinajstić information content (AvgIpc) is 2.31. The Hall–Kier alpha value is -0.610. The summed E-state index contributed by atoms with van der Waals surface area (Å²) in [4.78, 5) is 12.4. The minimum absolute atomic E-state index is 0.0819. The molecule has 0 aromatic carbocycles. The van der Waals surface area contributed by atoms with E-state index in [1.807, 2.05) is 7.05 Å². The number of likely N-dealkylation sites (tertiary alicyclic amines) is 1. The third-order valence-electron chi connectivity index (χ3n) is 1.93. The second-order valence-electron chi connectivity index (χ2n) is 3.02. The van der Waals surface area contributed by atoms with Crippen molar-refractivity contribution in [2.45, 2.75) is 12.5 Å². The van der Waals surface area contributed by atoms with Gasteiger partial charge in [0.15, 0.2) is 0 Å². The number of hydrogen-bond acceptors (Lipinski definition) is 3. The second kappa shape index (κ2) is 3.69. The summed E-state index contributed by atoms with van der Waals surface area (Å²) in [5, 5.41) is 11.3. The first-order chi connectivity index (χ1) is 5.18. The van der Waals surface area contributed by atoms with Crippen LogP contribution in [0.15, 0.2) is 0 Å². The number of hydrogen-bond donors (Lipinski definition) is 2. The zero-order valence-corrected chi connectivity index (χ0v) is 6.71. The molecule has 0 aromatic rings. The first-order valence-corrected chi connectivity index (χ1v) is 3.82. The van der Waals surface area contributed by atoms with Crippen molar-refractivity contribution in [1.29, 1.82) is 0 Å². The van der Waals surface area contributed by atoms with Gasteiger partial charge in [0.25, 0.3) is 0 Å². The molecular formula is C7H14N2O2. The number of aliphatic carboxylic acids is 1. The summed E-state index contributed by atoms with van der Waals surface area (Å²) in [7, 11) is 2.04. The van der Waals surface area contributed by atoms with Crippen LogP contribution in [0.4, 0.5) is 0 Å². The smallest absolute Gasteiger partial charge is 0.317 e. The van der Waals surface area contributed by atoms with Gasteiger partial charge in [0.2, 0.25) is 0 Å². The molecule has 0 amide bonds. The lowest BCUT2D eigenvalue weighted by Gasteiger charge is -2.10. The topological polar surface area (TPSA) is 52.6 Å². The Kier molecular flexibility index (Phi) is 2.84. The molecule has 0 saturated carbocycles. The van der Waals surface area contributed by atoms with Gasteiger partial charge in [-0.25, -0.2) is 0 Å². The van der Waals surface area contributed by atoms with Gasteiger partial charge < -0.3 is 15.3 Å². The van der Waals surface area contributed by atoms with E-state index in [-0.39, 0.29) is 6.54 Å². The highest BCUT2D eigenvalue weighted by Crippen LogP contribution is 2.04. The third-order valence-corrected chi connectivity index (χ3v) is 1.93. The highest BCUT2D eigenvalue weighted by Gasteiger charge is 2.18. The number of carboxylic acid groups (broad SMARTS) is 1. The Morgan fingerprint density at radius 2 is 2.55 bits per heavy atom. The highest BCUT2D eigenvalue weighted by molar-refractivity contribution is 5.69. The Balaban J connectivity index is 2.13. The van der Waals surface area contributed by atoms with E-state index in [0.29, 0.717) is 6.04 Å². The maximum absolute atomic E-state index is 10.2. The molecule has 1 aliphatic heterocycles. The molecule has 0 radical (unpaired) electrons. The van der Waals surface area contributed by atoms with Crippen LogP contribution in [0, 0.1) is 0 Å². The van der Waals surface area contributed by atoms with Crippen molar-refractivity contribution >= 4 is 5.97 Å². The van der Waals surface area contributed by atoms with Crippen LogP contribution in [0.25, 0.3) is 0 Å². The molecule has 2 N–H and O–H groups in total. The van der Waals surface area contributed by atoms with Crippen molar-refractivity contribution in [2.24, 2.45) is 0 Å². The summed E-state index contributed by atoms with van der Waals surface area (Å²) in [5.74, 6) is -0.778. The largest absolute Gasteiger partial charge is 0.480 e. The Bertz CT molecular complexity index is 149. The van der Waals surface area contributed by atoms with E-state index >= 15 is 0 Å². The number of carbonyl (C=O) groups is 1. The van der Waals surface area contributed by atoms with Crippen LogP contribution in [-0.2, 0) is 4.79 Å². The number of nitrogens with one attached hydrogen (secondary N) is 1. The van der Waals surface area contributed by atoms with Gasteiger partial charge in [0.05, 0.1) is 6.54 Å². The molecule has 1 fully saturated rings. The SMILES string of the molecule is CN1CCC(NCC(=O)O)C1. The van der Waals surface area contributed by atoms with Gasteiger partial charge in [-0.15, -0.1) is 0 Å². The lowest BCUT2D eigenvalue weighted by molar-refractivity contribution is -0.136. The molecule has 1 aliphatic rings. The van der Waals surface area contributed by atoms with Gasteiger partial charge in [0, 0.05) is 12.6 Å². The van der Waals surface area contributed by atoms with Crippen LogP contribution >= 0.6 is 0 Å². The zero-order chi connectivity index (χ0) is 8.27. The molecular weight excluding hydrogens is 144 g/mol. The molecule has 4 nitrogen and oxygen atoms in total. The van der Waals surface area contributed by atoms with E-state index in [1.165, 1.54) is 0 Å². The summed E-state index contributed by atoms with van der Waals surface area (Å²) in [6.07, 6.45) is 1.06. The summed E-state index contributed by atoms with van der Waals surface area (Å²) in [6.45, 7) is 2.11. The van der Waals surface area contributed by atoms with Gasteiger partial charge in [-0.1, -0.05) is 0 Å². The quantitative estimate of drug-likeness (QED) is 0.574. The summed E-state index contributed by atoms with van der Waals surface area (Å²) in [6, 6.07) is 0.371. The molecule has 1 unspecified atom stereocenters. The van der Waals surface area contributed by atoms with Crippen molar-refractivity contribution in [2.75, 3.05) is 26.7 Å². The van der Waals surface area contributed by atoms with Gasteiger partial charge in [-0.2, -0.15) is 0 Å². The monoisotopic (exact) mass is 158 g/mol. The van der Waals surface area contributed by atoms with Crippen LogP contribution in [0.1, 0.15) is 6.42 Å². The lowest BCUT2D eigenvalue weighted by atomic mass is 10.3. The van der Waals surface area contributed by atoms with Gasteiger partial charge >= 0.3 is 5.97 Å². The minimum Gasteiger partial charge on any atom is -0.480 e. The Labute approximate surface area is 66.2 Å². The fourth-order valence-electron chi connectivity index (χ4n) is 1.33. The average molecular weight is 158 g/mol. The molecule has 1 rings (SSSR count). The Morgan fingerprint density at radius 1 is 1.82 bits per heavy atom. The summed E-state index contributed by atoms with van der Waals surface area (Å²) < 4.78 is 0. The fourth-order valence-corrected chi connectivity index (χ4v) is 1.33. The molecule has 4 heteroatoms. The molecule has 0 spiro atoms. The number of rotatable bonds is 3. The van der Waals surface area contributed by atoms with Gasteiger partial charge in [0.1, 0.15) is 0 Å². The maximum Gasteiger partial charge on any atom is 0.317 e. The molecule has 64 valence electrons. The van der Waals surface area contributed by atoms with E-state index in [1.54, 1.807) is 0 Å². The predicted octanol–water partition coefficient (Wildman–Crippen LogP) is -0.635. The normalized spacial score (nSPS) is 25.7. The molecule has 1 heterocycles. The van der Waals surface area contributed by atoms with Crippen molar-refractivity contribution in [1.82, 2.24) is 10.2 Å². The van der Waals surface area contributed by atoms with Crippen molar-refractivity contribution in [3.63, 3.8) is 0 Å². The summed E-state index contributed by atoms with van der Waals surface area (Å²) in [5.41, 5.74) is 0. The maximum atomic E-state index is 10.2. The van der Waals surface area contributed by atoms with Crippen LogP contribution in [-0.4, -0.2) is 48.7 Å². The summed E-state index contributed by atoms with van der Waals surface area (Å²) >= 11 is 0. The van der Waals surface area contributed by atoms with Crippen molar-refractivity contribution in [3.05, 3.63) is 0 Å². The number of likely N-dealkylation sites (N-methyl/N-ethyl adjacent to an activating group) is 1. The van der Waals surface area contributed by atoms with Crippen LogP contribution in [0.3, 0.4) is 0 Å². The second-order valence-corrected chi connectivity index (χ2v) is 3.02. The predicted molar refractivity (Wildman–Crippen MR) is 41.5 cm³/mol. The van der Waals surface area contributed by atoms with Crippen LogP contribution in [0.2, 0.25) is 0 Å². The van der Waals surface area contributed by atoms with E-state index < -0.39 is 5.97 Å². The van der Waals surface area contributed by atoms with E-state index in [9.17, 15) is 4.79 Å². The highest BCUT2D eigenvalue weighted by atomic mass is 16.4. The van der Waals surface area contributed by atoms with E-state index in [4.69, 9.17) is 5.11 Å². The minimum atomic E-state index is -0.778. The van der Waals surface area contributed by atoms with E-state index in [0.717, 1.165) is 19.5 Å². The van der Waals surface area contributed by atoms with Crippen molar-refractivity contribution in [3.8, 4) is 0 Å². The van der Waals surface area contributed by atoms with Gasteiger partial charge in [-0.05, 0) is 20.0 Å². The standard InChI is InChI=1S/C7H14N2O2/c1-9-3-2-6(5-9)8-4-7(10)11/h6,8H,2-5H2,1H3,(H,10,11). The third kappa shape index (κ3) is 2.86. The molecule has 1 saturated heterocycles. The molecule has 11 heavy (non-hydrogen) atoms.